The molecular formula is C13H13ClN2O2S2. The lowest BCUT2D eigenvalue weighted by Crippen LogP contribution is -2.19. The molecule has 0 fully saturated rings. The molecule has 0 amide bonds. The minimum absolute atomic E-state index is 0.167. The van der Waals surface area contributed by atoms with Crippen LogP contribution in [0.4, 0.5) is 5.69 Å². The first-order valence-electron chi connectivity index (χ1n) is 5.69. The molecule has 0 heterocycles. The highest BCUT2D eigenvalue weighted by atomic mass is 35.5. The zero-order valence-corrected chi connectivity index (χ0v) is 13.0. The van der Waals surface area contributed by atoms with E-state index in [1.807, 2.05) is 12.1 Å². The van der Waals surface area contributed by atoms with Crippen LogP contribution in [-0.4, -0.2) is 15.5 Å². The number of nitrogens with two attached hydrogens (primary N) is 1. The molecule has 20 heavy (non-hydrogen) atoms. The molecule has 4 nitrogen and oxygen atoms in total. The fourth-order valence-corrected chi connectivity index (χ4v) is 3.80. The van der Waals surface area contributed by atoms with Gasteiger partial charge in [0.15, 0.2) is 0 Å². The average molecular weight is 329 g/mol. The summed E-state index contributed by atoms with van der Waals surface area (Å²) in [6.07, 6.45) is 0. The number of hydrogen-bond donors (Lipinski definition) is 2. The number of halogens is 1. The number of anilines is 1. The zero-order valence-electron chi connectivity index (χ0n) is 10.6. The fourth-order valence-electron chi connectivity index (χ4n) is 1.56. The largest absolute Gasteiger partial charge is 0.399 e. The predicted molar refractivity (Wildman–Crippen MR) is 82.7 cm³/mol. The molecule has 2 rings (SSSR count). The van der Waals surface area contributed by atoms with Crippen LogP contribution in [0.5, 0.6) is 0 Å². The third-order valence-electron chi connectivity index (χ3n) is 2.57. The minimum Gasteiger partial charge on any atom is -0.399 e. The number of nitrogen functional groups attached to an aromatic ring is 1. The van der Waals surface area contributed by atoms with Crippen LogP contribution in [0.3, 0.4) is 0 Å². The Bertz CT molecular complexity index is 716. The summed E-state index contributed by atoms with van der Waals surface area (Å²) in [5.41, 5.74) is 6.08. The van der Waals surface area contributed by atoms with Crippen molar-refractivity contribution in [2.24, 2.45) is 0 Å². The van der Waals surface area contributed by atoms with Crippen molar-refractivity contribution in [3.05, 3.63) is 47.5 Å². The van der Waals surface area contributed by atoms with Gasteiger partial charge >= 0.3 is 0 Å². The molecule has 0 saturated carbocycles. The minimum atomic E-state index is -3.56. The molecule has 0 aliphatic rings. The van der Waals surface area contributed by atoms with Crippen LogP contribution in [0.15, 0.2) is 57.2 Å². The van der Waals surface area contributed by atoms with Crippen LogP contribution in [0.1, 0.15) is 0 Å². The maximum Gasteiger partial charge on any atom is 0.241 e. The topological polar surface area (TPSA) is 72.2 Å². The highest BCUT2D eigenvalue weighted by Gasteiger charge is 2.17. The number of rotatable bonds is 4. The van der Waals surface area contributed by atoms with Crippen molar-refractivity contribution in [3.63, 3.8) is 0 Å². The second kappa shape index (κ2) is 6.05. The van der Waals surface area contributed by atoms with Gasteiger partial charge < -0.3 is 5.73 Å². The number of hydrogen-bond acceptors (Lipinski definition) is 4. The highest BCUT2D eigenvalue weighted by Crippen LogP contribution is 2.34. The Labute approximate surface area is 127 Å². The molecule has 2 aromatic carbocycles. The average Bonchev–Trinajstić information content (AvgIpc) is 2.43. The van der Waals surface area contributed by atoms with E-state index in [1.165, 1.54) is 24.9 Å². The quantitative estimate of drug-likeness (QED) is 0.846. The van der Waals surface area contributed by atoms with Gasteiger partial charge in [-0.3, -0.25) is 0 Å². The maximum atomic E-state index is 12.0. The van der Waals surface area contributed by atoms with Gasteiger partial charge in [-0.2, -0.15) is 0 Å². The smallest absolute Gasteiger partial charge is 0.241 e. The van der Waals surface area contributed by atoms with Crippen molar-refractivity contribution in [3.8, 4) is 0 Å². The van der Waals surface area contributed by atoms with Crippen molar-refractivity contribution in [2.75, 3.05) is 12.8 Å². The SMILES string of the molecule is CNS(=O)(=O)c1cc(N)ccc1Sc1ccc(Cl)cc1. The molecule has 0 aromatic heterocycles. The van der Waals surface area contributed by atoms with E-state index in [0.29, 0.717) is 15.6 Å². The van der Waals surface area contributed by atoms with Crippen molar-refractivity contribution in [1.82, 2.24) is 4.72 Å². The van der Waals surface area contributed by atoms with Crippen LogP contribution >= 0.6 is 23.4 Å². The number of nitrogens with one attached hydrogen (secondary N) is 1. The Morgan fingerprint density at radius 3 is 2.40 bits per heavy atom. The molecule has 0 radical (unpaired) electrons. The van der Waals surface area contributed by atoms with E-state index < -0.39 is 10.0 Å². The maximum absolute atomic E-state index is 12.0. The summed E-state index contributed by atoms with van der Waals surface area (Å²) < 4.78 is 26.3. The molecule has 0 bridgehead atoms. The lowest BCUT2D eigenvalue weighted by atomic mass is 10.3. The van der Waals surface area contributed by atoms with Crippen LogP contribution in [-0.2, 0) is 10.0 Å². The molecule has 0 spiro atoms. The third-order valence-corrected chi connectivity index (χ3v) is 5.49. The van der Waals surface area contributed by atoms with Crippen molar-refractivity contribution >= 4 is 39.1 Å². The van der Waals surface area contributed by atoms with E-state index in [9.17, 15) is 8.42 Å². The van der Waals surface area contributed by atoms with Crippen LogP contribution in [0.2, 0.25) is 5.02 Å². The molecule has 0 atom stereocenters. The standard InChI is InChI=1S/C13H13ClN2O2S2/c1-16-20(17,18)13-8-10(15)4-7-12(13)19-11-5-2-9(14)3-6-11/h2-8,16H,15H2,1H3. The van der Waals surface area contributed by atoms with Crippen molar-refractivity contribution in [1.29, 1.82) is 0 Å². The van der Waals surface area contributed by atoms with Crippen LogP contribution < -0.4 is 10.5 Å². The van der Waals surface area contributed by atoms with E-state index in [4.69, 9.17) is 17.3 Å². The van der Waals surface area contributed by atoms with Gasteiger partial charge in [0.1, 0.15) is 0 Å². The fraction of sp³-hybridized carbons (Fsp3) is 0.0769. The Morgan fingerprint density at radius 1 is 1.15 bits per heavy atom. The van der Waals surface area contributed by atoms with Crippen molar-refractivity contribution in [2.45, 2.75) is 14.7 Å². The van der Waals surface area contributed by atoms with Crippen molar-refractivity contribution < 1.29 is 8.42 Å². The number of sulfonamides is 1. The van der Waals surface area contributed by atoms with Gasteiger partial charge in [0.25, 0.3) is 0 Å². The molecule has 0 aliphatic heterocycles. The first-order valence-corrected chi connectivity index (χ1v) is 8.36. The second-order valence-corrected chi connectivity index (χ2v) is 7.38. The summed E-state index contributed by atoms with van der Waals surface area (Å²) in [4.78, 5) is 1.67. The molecule has 2 aromatic rings. The van der Waals surface area contributed by atoms with Gasteiger partial charge in [-0.05, 0) is 49.5 Å². The van der Waals surface area contributed by atoms with E-state index in [-0.39, 0.29) is 4.90 Å². The van der Waals surface area contributed by atoms with Crippen LogP contribution in [0.25, 0.3) is 0 Å². The molecule has 0 aliphatic carbocycles. The molecule has 0 unspecified atom stereocenters. The summed E-state index contributed by atoms with van der Waals surface area (Å²) >= 11 is 7.17. The summed E-state index contributed by atoms with van der Waals surface area (Å²) in [5.74, 6) is 0. The molecule has 7 heteroatoms. The Kier molecular flexibility index (Phi) is 4.59. The van der Waals surface area contributed by atoms with Gasteiger partial charge in [-0.1, -0.05) is 23.4 Å². The normalized spacial score (nSPS) is 11.5. The van der Waals surface area contributed by atoms with Gasteiger partial charge in [-0.25, -0.2) is 13.1 Å². The first kappa shape index (κ1) is 15.2. The van der Waals surface area contributed by atoms with Gasteiger partial charge in [-0.15, -0.1) is 0 Å². The molecule has 3 N–H and O–H groups in total. The van der Waals surface area contributed by atoms with E-state index in [1.54, 1.807) is 24.3 Å². The summed E-state index contributed by atoms with van der Waals surface area (Å²) in [5, 5.41) is 0.634. The second-order valence-electron chi connectivity index (χ2n) is 3.97. The van der Waals surface area contributed by atoms with Gasteiger partial charge in [0.05, 0.1) is 4.90 Å². The third kappa shape index (κ3) is 3.46. The molecular weight excluding hydrogens is 316 g/mol. The van der Waals surface area contributed by atoms with E-state index >= 15 is 0 Å². The van der Waals surface area contributed by atoms with Gasteiger partial charge in [0.2, 0.25) is 10.0 Å². The Hall–Kier alpha value is -1.21. The van der Waals surface area contributed by atoms with E-state index in [2.05, 4.69) is 4.72 Å². The molecule has 106 valence electrons. The lowest BCUT2D eigenvalue weighted by Gasteiger charge is -2.10. The summed E-state index contributed by atoms with van der Waals surface area (Å²) in [7, 11) is -2.19. The molecule has 0 saturated heterocycles. The predicted octanol–water partition coefficient (Wildman–Crippen LogP) is 2.98. The Balaban J connectivity index is 2.44. The monoisotopic (exact) mass is 328 g/mol. The number of benzene rings is 2. The lowest BCUT2D eigenvalue weighted by molar-refractivity contribution is 0.586. The summed E-state index contributed by atoms with van der Waals surface area (Å²) in [6.45, 7) is 0. The Morgan fingerprint density at radius 2 is 1.80 bits per heavy atom. The van der Waals surface area contributed by atoms with Crippen LogP contribution in [0, 0.1) is 0 Å². The zero-order chi connectivity index (χ0) is 14.8. The summed E-state index contributed by atoms with van der Waals surface area (Å²) in [6, 6.07) is 12.0. The first-order chi connectivity index (χ1) is 9.42. The van der Waals surface area contributed by atoms with Gasteiger partial charge in [0, 0.05) is 20.5 Å². The highest BCUT2D eigenvalue weighted by molar-refractivity contribution is 8.00. The van der Waals surface area contributed by atoms with E-state index in [0.717, 1.165) is 4.90 Å².